The molecule has 0 amide bonds. The normalized spacial score (nSPS) is 18.4. The van der Waals surface area contributed by atoms with Crippen molar-refractivity contribution in [2.75, 3.05) is 13.1 Å². The van der Waals surface area contributed by atoms with Crippen molar-refractivity contribution in [2.45, 2.75) is 38.6 Å². The van der Waals surface area contributed by atoms with Gasteiger partial charge in [-0.1, -0.05) is 18.2 Å². The average molecular weight is 366 g/mol. The van der Waals surface area contributed by atoms with E-state index in [1.54, 1.807) is 6.07 Å². The molecule has 0 bridgehead atoms. The lowest BCUT2D eigenvalue weighted by Crippen LogP contribution is -2.24. The van der Waals surface area contributed by atoms with E-state index in [9.17, 15) is 4.39 Å². The van der Waals surface area contributed by atoms with Gasteiger partial charge in [0.15, 0.2) is 0 Å². The van der Waals surface area contributed by atoms with Gasteiger partial charge < -0.3 is 0 Å². The fourth-order valence-corrected chi connectivity index (χ4v) is 3.54. The molecule has 2 aromatic heterocycles. The van der Waals surface area contributed by atoms with Crippen LogP contribution in [-0.2, 0) is 6.54 Å². The van der Waals surface area contributed by atoms with Gasteiger partial charge in [-0.15, -0.1) is 5.10 Å². The molecule has 0 saturated carbocycles. The number of nitrogens with zero attached hydrogens (tertiary/aromatic N) is 5. The second-order valence-corrected chi connectivity index (χ2v) is 7.10. The number of rotatable bonds is 4. The maximum Gasteiger partial charge on any atom is 0.201 e. The third-order valence-corrected chi connectivity index (χ3v) is 5.09. The van der Waals surface area contributed by atoms with E-state index in [1.165, 1.54) is 6.07 Å². The molecule has 1 atom stereocenters. The summed E-state index contributed by atoms with van der Waals surface area (Å²) in [7, 11) is 0. The summed E-state index contributed by atoms with van der Waals surface area (Å²) in [5.41, 5.74) is 2.31. The highest BCUT2D eigenvalue weighted by Gasteiger charge is 2.22. The summed E-state index contributed by atoms with van der Waals surface area (Å²) in [5, 5.41) is 15.6. The molecule has 1 saturated heterocycles. The van der Waals surface area contributed by atoms with Gasteiger partial charge in [-0.2, -0.15) is 10.2 Å². The summed E-state index contributed by atoms with van der Waals surface area (Å²) in [4.78, 5) is 6.97. The molecule has 7 heteroatoms. The van der Waals surface area contributed by atoms with Crippen LogP contribution in [0.25, 0.3) is 11.5 Å². The van der Waals surface area contributed by atoms with E-state index >= 15 is 0 Å². The highest BCUT2D eigenvalue weighted by molar-refractivity contribution is 5.47. The molecule has 27 heavy (non-hydrogen) atoms. The lowest BCUT2D eigenvalue weighted by Gasteiger charge is -2.20. The Morgan fingerprint density at radius 3 is 2.81 bits per heavy atom. The maximum absolute atomic E-state index is 13.9. The van der Waals surface area contributed by atoms with Crippen molar-refractivity contribution in [1.29, 1.82) is 0 Å². The summed E-state index contributed by atoms with van der Waals surface area (Å²) < 4.78 is 13.9. The van der Waals surface area contributed by atoms with Gasteiger partial charge in [-0.05, 0) is 57.5 Å². The number of hydrogen-bond acceptors (Lipinski definition) is 5. The van der Waals surface area contributed by atoms with Gasteiger partial charge in [0.25, 0.3) is 0 Å². The molecule has 1 aliphatic rings. The van der Waals surface area contributed by atoms with Crippen molar-refractivity contribution < 1.29 is 4.39 Å². The summed E-state index contributed by atoms with van der Waals surface area (Å²) in [6.45, 7) is 4.44. The third kappa shape index (κ3) is 4.19. The Kier molecular flexibility index (Phi) is 5.20. The fourth-order valence-electron chi connectivity index (χ4n) is 3.54. The largest absolute Gasteiger partial charge is 0.299 e. The Labute approximate surface area is 157 Å². The molecule has 3 aromatic rings. The fraction of sp³-hybridized carbons (Fsp3) is 0.400. The summed E-state index contributed by atoms with van der Waals surface area (Å²) in [5.74, 6) is 1.69. The van der Waals surface area contributed by atoms with Gasteiger partial charge in [0.1, 0.15) is 17.3 Å². The van der Waals surface area contributed by atoms with E-state index < -0.39 is 0 Å². The molecule has 4 rings (SSSR count). The quantitative estimate of drug-likeness (QED) is 0.765. The van der Waals surface area contributed by atoms with Crippen LogP contribution in [0.4, 0.5) is 4.39 Å². The van der Waals surface area contributed by atoms with E-state index in [2.05, 4.69) is 30.3 Å². The molecule has 140 valence electrons. The van der Waals surface area contributed by atoms with Crippen LogP contribution < -0.4 is 0 Å². The topological polar surface area (TPSA) is 70.6 Å². The third-order valence-electron chi connectivity index (χ3n) is 5.09. The van der Waals surface area contributed by atoms with Gasteiger partial charge in [-0.3, -0.25) is 10.00 Å². The highest BCUT2D eigenvalue weighted by Crippen LogP contribution is 2.27. The Balaban J connectivity index is 1.41. The number of H-pyrrole nitrogens is 1. The molecule has 1 aliphatic heterocycles. The molecule has 6 nitrogen and oxygen atoms in total. The standard InChI is InChI=1S/C20H23FN6/c1-14-8-9-18(24-23-14)20-22-19(25-26-20)15-6-4-11-27(12-10-15)13-16-5-2-3-7-17(16)21/h2-3,5,7-9,15H,4,6,10-13H2,1H3,(H,22,25,26). The number of aromatic amines is 1. The molecule has 3 heterocycles. The zero-order valence-electron chi connectivity index (χ0n) is 15.4. The number of benzene rings is 1. The number of hydrogen-bond donors (Lipinski definition) is 1. The molecular formula is C20H23FN6. The highest BCUT2D eigenvalue weighted by atomic mass is 19.1. The first-order valence-electron chi connectivity index (χ1n) is 9.38. The van der Waals surface area contributed by atoms with Crippen LogP contribution in [0.1, 0.15) is 42.3 Å². The zero-order chi connectivity index (χ0) is 18.6. The van der Waals surface area contributed by atoms with Gasteiger partial charge in [0, 0.05) is 18.0 Å². The first-order chi connectivity index (χ1) is 13.2. The Bertz CT molecular complexity index is 891. The van der Waals surface area contributed by atoms with Crippen LogP contribution >= 0.6 is 0 Å². The van der Waals surface area contributed by atoms with Crippen LogP contribution in [0, 0.1) is 12.7 Å². The van der Waals surface area contributed by atoms with Crippen LogP contribution in [0.2, 0.25) is 0 Å². The number of aryl methyl sites for hydroxylation is 1. The summed E-state index contributed by atoms with van der Waals surface area (Å²) >= 11 is 0. The van der Waals surface area contributed by atoms with E-state index in [0.717, 1.165) is 49.4 Å². The monoisotopic (exact) mass is 366 g/mol. The van der Waals surface area contributed by atoms with Crippen molar-refractivity contribution in [3.8, 4) is 11.5 Å². The molecule has 0 radical (unpaired) electrons. The lowest BCUT2D eigenvalue weighted by molar-refractivity contribution is 0.271. The second kappa shape index (κ2) is 7.92. The molecule has 1 N–H and O–H groups in total. The van der Waals surface area contributed by atoms with Crippen molar-refractivity contribution in [3.05, 3.63) is 59.3 Å². The van der Waals surface area contributed by atoms with E-state index in [1.807, 2.05) is 31.2 Å². The number of halogens is 1. The van der Waals surface area contributed by atoms with Crippen LogP contribution in [0.15, 0.2) is 36.4 Å². The zero-order valence-corrected chi connectivity index (χ0v) is 15.4. The predicted molar refractivity (Wildman–Crippen MR) is 100 cm³/mol. The number of nitrogens with one attached hydrogen (secondary N) is 1. The first kappa shape index (κ1) is 17.7. The minimum Gasteiger partial charge on any atom is -0.299 e. The minimum atomic E-state index is -0.127. The summed E-state index contributed by atoms with van der Waals surface area (Å²) in [6.07, 6.45) is 3.07. The Morgan fingerprint density at radius 2 is 2.00 bits per heavy atom. The van der Waals surface area contributed by atoms with Gasteiger partial charge in [0.05, 0.1) is 5.69 Å². The van der Waals surface area contributed by atoms with Gasteiger partial charge >= 0.3 is 0 Å². The van der Waals surface area contributed by atoms with Crippen molar-refractivity contribution in [1.82, 2.24) is 30.3 Å². The van der Waals surface area contributed by atoms with Crippen LogP contribution in [0.5, 0.6) is 0 Å². The van der Waals surface area contributed by atoms with Crippen LogP contribution in [0.3, 0.4) is 0 Å². The van der Waals surface area contributed by atoms with Crippen molar-refractivity contribution in [2.24, 2.45) is 0 Å². The Morgan fingerprint density at radius 1 is 1.11 bits per heavy atom. The van der Waals surface area contributed by atoms with E-state index in [0.29, 0.717) is 24.0 Å². The van der Waals surface area contributed by atoms with Gasteiger partial charge in [0.2, 0.25) is 5.82 Å². The van der Waals surface area contributed by atoms with Crippen molar-refractivity contribution >= 4 is 0 Å². The molecule has 1 fully saturated rings. The SMILES string of the molecule is Cc1ccc(-c2n[nH]c(C3CCCN(Cc4ccccc4F)CC3)n2)nn1. The van der Waals surface area contributed by atoms with Crippen molar-refractivity contribution in [3.63, 3.8) is 0 Å². The molecule has 1 unspecified atom stereocenters. The molecular weight excluding hydrogens is 343 g/mol. The second-order valence-electron chi connectivity index (χ2n) is 7.10. The predicted octanol–water partition coefficient (Wildman–Crippen LogP) is 3.48. The smallest absolute Gasteiger partial charge is 0.201 e. The minimum absolute atomic E-state index is 0.127. The first-order valence-corrected chi connectivity index (χ1v) is 9.38. The van der Waals surface area contributed by atoms with Gasteiger partial charge in [-0.25, -0.2) is 9.37 Å². The molecule has 0 aliphatic carbocycles. The maximum atomic E-state index is 13.9. The lowest BCUT2D eigenvalue weighted by atomic mass is 10.0. The Hall–Kier alpha value is -2.67. The molecule has 1 aromatic carbocycles. The number of likely N-dealkylation sites (tertiary alicyclic amines) is 1. The van der Waals surface area contributed by atoms with Crippen LogP contribution in [-0.4, -0.2) is 43.4 Å². The average Bonchev–Trinajstić information content (AvgIpc) is 3.05. The number of aromatic nitrogens is 5. The summed E-state index contributed by atoms with van der Waals surface area (Å²) in [6, 6.07) is 10.8. The van der Waals surface area contributed by atoms with E-state index in [4.69, 9.17) is 0 Å². The van der Waals surface area contributed by atoms with E-state index in [-0.39, 0.29) is 5.82 Å². The molecule has 0 spiro atoms.